The molecule has 0 bridgehead atoms. The lowest BCUT2D eigenvalue weighted by Gasteiger charge is -2.22. The lowest BCUT2D eigenvalue weighted by molar-refractivity contribution is 0.174. The Morgan fingerprint density at radius 3 is 2.68 bits per heavy atom. The Morgan fingerprint density at radius 1 is 1.08 bits per heavy atom. The van der Waals surface area contributed by atoms with Crippen LogP contribution in [-0.4, -0.2) is 54.4 Å². The zero-order valence-corrected chi connectivity index (χ0v) is 21.3. The second-order valence-electron chi connectivity index (χ2n) is 8.56. The molecule has 2 unspecified atom stereocenters. The summed E-state index contributed by atoms with van der Waals surface area (Å²) < 4.78 is 21.7. The van der Waals surface area contributed by atoms with E-state index >= 15 is 0 Å². The molecule has 0 amide bonds. The van der Waals surface area contributed by atoms with Crippen molar-refractivity contribution in [1.82, 2.24) is 15.3 Å². The van der Waals surface area contributed by atoms with Crippen molar-refractivity contribution >= 4 is 46.8 Å². The number of aromatic nitrogens is 2. The predicted octanol–water partition coefficient (Wildman–Crippen LogP) is 3.10. The highest BCUT2D eigenvalue weighted by Gasteiger charge is 2.38. The van der Waals surface area contributed by atoms with E-state index in [-0.39, 0.29) is 18.9 Å². The molecule has 2 atom stereocenters. The van der Waals surface area contributed by atoms with Crippen molar-refractivity contribution in [2.75, 3.05) is 37.0 Å². The van der Waals surface area contributed by atoms with Crippen LogP contribution in [0.15, 0.2) is 52.7 Å². The smallest absolute Gasteiger partial charge is 0.231 e. The number of rotatable bonds is 6. The number of aliphatic imine (C=N–C) groups is 2. The Balaban J connectivity index is 1.09. The molecule has 194 valence electrons. The molecule has 0 radical (unpaired) electrons. The highest BCUT2D eigenvalue weighted by Crippen LogP contribution is 2.44. The Morgan fingerprint density at radius 2 is 1.87 bits per heavy atom. The molecule has 13 heteroatoms. The van der Waals surface area contributed by atoms with Crippen LogP contribution < -0.4 is 40.2 Å². The highest BCUT2D eigenvalue weighted by molar-refractivity contribution is 7.80. The van der Waals surface area contributed by atoms with Crippen LogP contribution in [0.4, 0.5) is 17.3 Å². The second-order valence-corrected chi connectivity index (χ2v) is 8.96. The summed E-state index contributed by atoms with van der Waals surface area (Å²) >= 11 is 5.42. The van der Waals surface area contributed by atoms with Crippen molar-refractivity contribution in [3.8, 4) is 23.0 Å². The number of nitrogens with zero attached hydrogens (tertiary/aromatic N) is 4. The van der Waals surface area contributed by atoms with Gasteiger partial charge in [-0.3, -0.25) is 0 Å². The van der Waals surface area contributed by atoms with E-state index in [1.54, 1.807) is 26.6 Å². The first-order valence-electron chi connectivity index (χ1n) is 11.8. The number of thiocarbonyl (C=S) groups is 1. The van der Waals surface area contributed by atoms with Gasteiger partial charge in [0.2, 0.25) is 12.7 Å². The molecule has 4 heterocycles. The van der Waals surface area contributed by atoms with Crippen LogP contribution in [0.25, 0.3) is 0 Å². The molecular formula is C25H24N8O4S. The summed E-state index contributed by atoms with van der Waals surface area (Å²) in [6, 6.07) is 9.61. The van der Waals surface area contributed by atoms with Gasteiger partial charge in [0.25, 0.3) is 0 Å². The van der Waals surface area contributed by atoms with Crippen LogP contribution in [0.3, 0.4) is 0 Å². The fourth-order valence-corrected chi connectivity index (χ4v) is 4.64. The van der Waals surface area contributed by atoms with Crippen molar-refractivity contribution in [1.29, 1.82) is 0 Å². The fraction of sp³-hybridized carbons (Fsp3) is 0.240. The summed E-state index contributed by atoms with van der Waals surface area (Å²) in [5.74, 6) is 3.66. The zero-order valence-electron chi connectivity index (χ0n) is 20.5. The fourth-order valence-electron chi connectivity index (χ4n) is 4.45. The van der Waals surface area contributed by atoms with E-state index in [2.05, 4.69) is 41.2 Å². The monoisotopic (exact) mass is 532 g/mol. The van der Waals surface area contributed by atoms with Crippen molar-refractivity contribution in [2.24, 2.45) is 9.98 Å². The van der Waals surface area contributed by atoms with Gasteiger partial charge >= 0.3 is 0 Å². The number of nitrogens with one attached hydrogen (secondary N) is 4. The summed E-state index contributed by atoms with van der Waals surface area (Å²) in [6.07, 6.45) is 4.61. The molecular weight excluding hydrogens is 508 g/mol. The molecule has 38 heavy (non-hydrogen) atoms. The average molecular weight is 533 g/mol. The molecule has 6 rings (SSSR count). The van der Waals surface area contributed by atoms with Gasteiger partial charge in [-0.2, -0.15) is 0 Å². The van der Waals surface area contributed by atoms with Crippen LogP contribution >= 0.6 is 12.2 Å². The first kappa shape index (κ1) is 23.7. The molecule has 0 spiro atoms. The SMILES string of the molecule is COc1cc2c(cc1OC)C1C(Nc3ncc(NC(=S)NCc4ccc5c(c4)OCO5)cn3)=NC=NC1N2. The third-order valence-electron chi connectivity index (χ3n) is 6.27. The lowest BCUT2D eigenvalue weighted by atomic mass is 9.96. The van der Waals surface area contributed by atoms with Crippen molar-refractivity contribution in [2.45, 2.75) is 18.6 Å². The minimum absolute atomic E-state index is 0.163. The molecule has 3 aliphatic heterocycles. The summed E-state index contributed by atoms with van der Waals surface area (Å²) in [7, 11) is 3.22. The van der Waals surface area contributed by atoms with E-state index in [0.29, 0.717) is 40.6 Å². The van der Waals surface area contributed by atoms with E-state index in [1.165, 1.54) is 6.34 Å². The average Bonchev–Trinajstić information content (AvgIpc) is 3.56. The number of methoxy groups -OCH3 is 2. The van der Waals surface area contributed by atoms with Gasteiger partial charge in [-0.15, -0.1) is 0 Å². The predicted molar refractivity (Wildman–Crippen MR) is 147 cm³/mol. The number of fused-ring (bicyclic) bond motifs is 4. The van der Waals surface area contributed by atoms with E-state index in [1.807, 2.05) is 30.3 Å². The Kier molecular flexibility index (Phi) is 6.25. The van der Waals surface area contributed by atoms with Gasteiger partial charge in [-0.05, 0) is 41.5 Å². The van der Waals surface area contributed by atoms with Crippen LogP contribution in [0.1, 0.15) is 17.0 Å². The maximum atomic E-state index is 5.49. The quantitative estimate of drug-likeness (QED) is 0.349. The molecule has 0 aliphatic carbocycles. The maximum absolute atomic E-state index is 5.49. The van der Waals surface area contributed by atoms with Gasteiger partial charge in [0.05, 0.1) is 38.2 Å². The first-order chi connectivity index (χ1) is 18.6. The number of benzene rings is 2. The molecule has 12 nitrogen and oxygen atoms in total. The Bertz CT molecular complexity index is 1450. The highest BCUT2D eigenvalue weighted by atomic mass is 32.1. The Labute approximate surface area is 223 Å². The second kappa shape index (κ2) is 10.0. The molecule has 2 aromatic carbocycles. The van der Waals surface area contributed by atoms with Gasteiger partial charge in [-0.1, -0.05) is 6.07 Å². The topological polar surface area (TPSA) is 136 Å². The van der Waals surface area contributed by atoms with Gasteiger partial charge in [-0.25, -0.2) is 20.0 Å². The molecule has 0 saturated heterocycles. The summed E-state index contributed by atoms with van der Waals surface area (Å²) in [5, 5.41) is 13.3. The number of anilines is 3. The standard InChI is InChI=1S/C25H24N8O4S/c1-34-18-6-15-16(7-19(18)35-2)32-22-21(15)23(30-11-29-22)33-24-26-9-14(10-27-24)31-25(38)28-8-13-3-4-17-20(5-13)37-12-36-17/h3-7,9-11,21-22,32H,8,12H2,1-2H3,(H2,28,31,38)(H,26,27,29,30,33). The van der Waals surface area contributed by atoms with Gasteiger partial charge in [0.1, 0.15) is 18.3 Å². The van der Waals surface area contributed by atoms with E-state index in [9.17, 15) is 0 Å². The minimum atomic E-state index is -0.212. The lowest BCUT2D eigenvalue weighted by Crippen LogP contribution is -2.33. The number of hydrogen-bond donors (Lipinski definition) is 4. The molecule has 3 aromatic rings. The van der Waals surface area contributed by atoms with Gasteiger partial charge in [0, 0.05) is 18.3 Å². The Hall–Kier alpha value is -4.65. The molecule has 3 aliphatic rings. The van der Waals surface area contributed by atoms with Crippen LogP contribution in [0.2, 0.25) is 0 Å². The summed E-state index contributed by atoms with van der Waals surface area (Å²) in [5.41, 5.74) is 3.57. The normalized spacial score (nSPS) is 18.0. The molecule has 0 saturated carbocycles. The van der Waals surface area contributed by atoms with Gasteiger partial charge in [0.15, 0.2) is 28.1 Å². The first-order valence-corrected chi connectivity index (χ1v) is 12.2. The summed E-state index contributed by atoms with van der Waals surface area (Å²) in [4.78, 5) is 17.8. The number of hydrogen-bond acceptors (Lipinski definition) is 11. The third kappa shape index (κ3) is 4.59. The van der Waals surface area contributed by atoms with Crippen LogP contribution in [0.5, 0.6) is 23.0 Å². The van der Waals surface area contributed by atoms with E-state index in [4.69, 9.17) is 31.2 Å². The van der Waals surface area contributed by atoms with E-state index in [0.717, 1.165) is 28.3 Å². The molecule has 0 fully saturated rings. The van der Waals surface area contributed by atoms with Crippen molar-refractivity contribution < 1.29 is 18.9 Å². The third-order valence-corrected chi connectivity index (χ3v) is 6.51. The largest absolute Gasteiger partial charge is 0.493 e. The minimum Gasteiger partial charge on any atom is -0.493 e. The zero-order chi connectivity index (χ0) is 26.1. The van der Waals surface area contributed by atoms with Gasteiger partial charge < -0.3 is 40.2 Å². The van der Waals surface area contributed by atoms with E-state index < -0.39 is 0 Å². The molecule has 1 aromatic heterocycles. The summed E-state index contributed by atoms with van der Waals surface area (Å²) in [6.45, 7) is 0.770. The maximum Gasteiger partial charge on any atom is 0.231 e. The molecule has 4 N–H and O–H groups in total. The van der Waals surface area contributed by atoms with Crippen molar-refractivity contribution in [3.63, 3.8) is 0 Å². The van der Waals surface area contributed by atoms with Crippen LogP contribution in [-0.2, 0) is 6.54 Å². The van der Waals surface area contributed by atoms with Crippen molar-refractivity contribution in [3.05, 3.63) is 53.9 Å². The van der Waals surface area contributed by atoms with Crippen LogP contribution in [0, 0.1) is 0 Å². The number of ether oxygens (including phenoxy) is 4. The number of amidine groups is 1.